The van der Waals surface area contributed by atoms with Crippen molar-refractivity contribution in [2.24, 2.45) is 0 Å². The second-order valence-corrected chi connectivity index (χ2v) is 7.89. The lowest BCUT2D eigenvalue weighted by molar-refractivity contribution is 0.0717. The van der Waals surface area contributed by atoms with Crippen LogP contribution in [-0.4, -0.2) is 41.7 Å². The molecule has 1 aromatic carbocycles. The van der Waals surface area contributed by atoms with Gasteiger partial charge in [0.2, 0.25) is 0 Å². The average molecular weight is 402 g/mol. The van der Waals surface area contributed by atoms with Gasteiger partial charge in [-0.3, -0.25) is 4.79 Å². The molecule has 150 valence electrons. The number of nitrogens with one attached hydrogen (secondary N) is 1. The van der Waals surface area contributed by atoms with E-state index >= 15 is 0 Å². The third kappa shape index (κ3) is 4.83. The first-order valence-corrected chi connectivity index (χ1v) is 10.3. The van der Waals surface area contributed by atoms with Gasteiger partial charge in [-0.15, -0.1) is 0 Å². The van der Waals surface area contributed by atoms with E-state index in [9.17, 15) is 9.90 Å². The van der Waals surface area contributed by atoms with Gasteiger partial charge in [-0.1, -0.05) is 43.5 Å². The number of rotatable bonds is 6. The number of aromatic nitrogens is 1. The van der Waals surface area contributed by atoms with Crippen LogP contribution in [0.15, 0.2) is 36.5 Å². The molecular formula is C22H28ClN3O2. The quantitative estimate of drug-likeness (QED) is 0.758. The smallest absolute Gasteiger partial charge is 0.253 e. The highest BCUT2D eigenvalue weighted by Gasteiger charge is 2.25. The molecule has 0 unspecified atom stereocenters. The Morgan fingerprint density at radius 1 is 1.29 bits per heavy atom. The number of hydrogen-bond donors (Lipinski definition) is 2. The predicted molar refractivity (Wildman–Crippen MR) is 114 cm³/mol. The molecule has 1 aliphatic carbocycles. The highest BCUT2D eigenvalue weighted by Crippen LogP contribution is 2.30. The van der Waals surface area contributed by atoms with E-state index in [0.29, 0.717) is 10.6 Å². The van der Waals surface area contributed by atoms with Gasteiger partial charge >= 0.3 is 0 Å². The van der Waals surface area contributed by atoms with Gasteiger partial charge in [-0.25, -0.2) is 4.98 Å². The molecule has 6 heteroatoms. The lowest BCUT2D eigenvalue weighted by atomic mass is 9.92. The Hall–Kier alpha value is -2.11. The highest BCUT2D eigenvalue weighted by atomic mass is 35.5. The molecule has 1 amide bonds. The van der Waals surface area contributed by atoms with Crippen molar-refractivity contribution in [1.29, 1.82) is 0 Å². The Morgan fingerprint density at radius 3 is 2.68 bits per heavy atom. The first-order valence-electron chi connectivity index (χ1n) is 9.95. The fourth-order valence-electron chi connectivity index (χ4n) is 3.70. The first-order chi connectivity index (χ1) is 13.5. The van der Waals surface area contributed by atoms with E-state index in [1.54, 1.807) is 6.20 Å². The SMILES string of the molecule is CCCN(C)c1ncc(C(=O)N[C@@H]2CCCC[C@H]2O)cc1-c1ccc(Cl)cc1. The molecule has 28 heavy (non-hydrogen) atoms. The van der Waals surface area contributed by atoms with Crippen LogP contribution < -0.4 is 10.2 Å². The van der Waals surface area contributed by atoms with E-state index in [-0.39, 0.29) is 11.9 Å². The number of aliphatic hydroxyl groups excluding tert-OH is 1. The summed E-state index contributed by atoms with van der Waals surface area (Å²) in [6.45, 7) is 2.99. The second kappa shape index (κ2) is 9.39. The maximum atomic E-state index is 12.8. The number of benzene rings is 1. The third-order valence-electron chi connectivity index (χ3n) is 5.25. The number of amides is 1. The number of carbonyl (C=O) groups is 1. The molecule has 1 aliphatic rings. The molecule has 1 heterocycles. The van der Waals surface area contributed by atoms with Gasteiger partial charge in [-0.05, 0) is 43.0 Å². The summed E-state index contributed by atoms with van der Waals surface area (Å²) in [7, 11) is 2.00. The van der Waals surface area contributed by atoms with Crippen molar-refractivity contribution in [2.45, 2.75) is 51.2 Å². The standard InChI is InChI=1S/C22H28ClN3O2/c1-3-12-26(2)21-18(15-8-10-17(23)11-9-15)13-16(14-24-21)22(28)25-19-6-4-5-7-20(19)27/h8-11,13-14,19-20,27H,3-7,12H2,1-2H3,(H,25,28)/t19-,20-/m1/s1. The molecule has 2 atom stereocenters. The predicted octanol–water partition coefficient (Wildman–Crippen LogP) is 4.28. The summed E-state index contributed by atoms with van der Waals surface area (Å²) in [6.07, 6.45) is 5.72. The van der Waals surface area contributed by atoms with Crippen molar-refractivity contribution in [3.05, 3.63) is 47.1 Å². The van der Waals surface area contributed by atoms with Crippen molar-refractivity contribution in [2.75, 3.05) is 18.5 Å². The van der Waals surface area contributed by atoms with Gasteiger partial charge in [-0.2, -0.15) is 0 Å². The zero-order valence-electron chi connectivity index (χ0n) is 16.5. The Morgan fingerprint density at radius 2 is 2.00 bits per heavy atom. The molecule has 0 bridgehead atoms. The first kappa shape index (κ1) is 20.6. The summed E-state index contributed by atoms with van der Waals surface area (Å²) < 4.78 is 0. The molecular weight excluding hydrogens is 374 g/mol. The number of aliphatic hydroxyl groups is 1. The normalized spacial score (nSPS) is 19.3. The topological polar surface area (TPSA) is 65.5 Å². The molecule has 2 N–H and O–H groups in total. The number of hydrogen-bond acceptors (Lipinski definition) is 4. The van der Waals surface area contributed by atoms with E-state index in [0.717, 1.165) is 55.6 Å². The van der Waals surface area contributed by atoms with Crippen LogP contribution in [0.2, 0.25) is 5.02 Å². The van der Waals surface area contributed by atoms with E-state index in [1.807, 2.05) is 37.4 Å². The Labute approximate surface area is 171 Å². The number of nitrogens with zero attached hydrogens (tertiary/aromatic N) is 2. The molecule has 0 spiro atoms. The molecule has 2 aromatic rings. The summed E-state index contributed by atoms with van der Waals surface area (Å²) >= 11 is 6.04. The average Bonchev–Trinajstić information content (AvgIpc) is 2.70. The van der Waals surface area contributed by atoms with Crippen LogP contribution in [0.5, 0.6) is 0 Å². The number of halogens is 1. The van der Waals surface area contributed by atoms with Crippen molar-refractivity contribution >= 4 is 23.3 Å². The van der Waals surface area contributed by atoms with Crippen LogP contribution >= 0.6 is 11.6 Å². The molecule has 1 saturated carbocycles. The Kier molecular flexibility index (Phi) is 6.92. The monoisotopic (exact) mass is 401 g/mol. The minimum atomic E-state index is -0.476. The van der Waals surface area contributed by atoms with Gasteiger partial charge in [0, 0.05) is 30.4 Å². The summed E-state index contributed by atoms with van der Waals surface area (Å²) in [5.41, 5.74) is 2.35. The van der Waals surface area contributed by atoms with Crippen LogP contribution in [0.25, 0.3) is 11.1 Å². The van der Waals surface area contributed by atoms with Crippen molar-refractivity contribution in [3.63, 3.8) is 0 Å². The highest BCUT2D eigenvalue weighted by molar-refractivity contribution is 6.30. The summed E-state index contributed by atoms with van der Waals surface area (Å²) in [5.74, 6) is 0.636. The molecule has 0 saturated heterocycles. The zero-order chi connectivity index (χ0) is 20.1. The largest absolute Gasteiger partial charge is 0.391 e. The number of anilines is 1. The van der Waals surface area contributed by atoms with Crippen molar-refractivity contribution in [3.8, 4) is 11.1 Å². The maximum absolute atomic E-state index is 12.8. The third-order valence-corrected chi connectivity index (χ3v) is 5.50. The van der Waals surface area contributed by atoms with Crippen LogP contribution in [0.1, 0.15) is 49.4 Å². The van der Waals surface area contributed by atoms with Gasteiger partial charge < -0.3 is 15.3 Å². The number of carbonyl (C=O) groups excluding carboxylic acids is 1. The van der Waals surface area contributed by atoms with E-state index in [2.05, 4.69) is 22.1 Å². The lowest BCUT2D eigenvalue weighted by Gasteiger charge is -2.28. The molecule has 1 fully saturated rings. The van der Waals surface area contributed by atoms with Crippen LogP contribution in [0, 0.1) is 0 Å². The maximum Gasteiger partial charge on any atom is 0.253 e. The van der Waals surface area contributed by atoms with E-state index < -0.39 is 6.10 Å². The molecule has 0 radical (unpaired) electrons. The second-order valence-electron chi connectivity index (χ2n) is 7.46. The minimum absolute atomic E-state index is 0.192. The summed E-state index contributed by atoms with van der Waals surface area (Å²) in [4.78, 5) is 19.5. The van der Waals surface area contributed by atoms with Crippen LogP contribution in [0.4, 0.5) is 5.82 Å². The van der Waals surface area contributed by atoms with Gasteiger partial charge in [0.25, 0.3) is 5.91 Å². The fourth-order valence-corrected chi connectivity index (χ4v) is 3.83. The molecule has 0 aliphatic heterocycles. The zero-order valence-corrected chi connectivity index (χ0v) is 17.2. The Bertz CT molecular complexity index is 810. The van der Waals surface area contributed by atoms with Crippen LogP contribution in [0.3, 0.4) is 0 Å². The van der Waals surface area contributed by atoms with E-state index in [4.69, 9.17) is 11.6 Å². The molecule has 1 aromatic heterocycles. The van der Waals surface area contributed by atoms with Crippen LogP contribution in [-0.2, 0) is 0 Å². The summed E-state index contributed by atoms with van der Waals surface area (Å²) in [6, 6.07) is 9.24. The fraction of sp³-hybridized carbons (Fsp3) is 0.455. The van der Waals surface area contributed by atoms with Crippen molar-refractivity contribution < 1.29 is 9.90 Å². The molecule has 5 nitrogen and oxygen atoms in total. The van der Waals surface area contributed by atoms with Crippen molar-refractivity contribution in [1.82, 2.24) is 10.3 Å². The van der Waals surface area contributed by atoms with Gasteiger partial charge in [0.1, 0.15) is 5.82 Å². The van der Waals surface area contributed by atoms with Gasteiger partial charge in [0.05, 0.1) is 17.7 Å². The summed E-state index contributed by atoms with van der Waals surface area (Å²) in [5, 5.41) is 13.8. The lowest BCUT2D eigenvalue weighted by Crippen LogP contribution is -2.45. The number of pyridine rings is 1. The van der Waals surface area contributed by atoms with E-state index in [1.165, 1.54) is 0 Å². The van der Waals surface area contributed by atoms with Gasteiger partial charge in [0.15, 0.2) is 0 Å². The molecule has 3 rings (SSSR count). The Balaban J connectivity index is 1.91. The minimum Gasteiger partial charge on any atom is -0.391 e.